The third kappa shape index (κ3) is 3.71. The van der Waals surface area contributed by atoms with Gasteiger partial charge in [-0.25, -0.2) is 0 Å². The standard InChI is InChI=1S/C21H20O10/c22-8-13-15(24)17(26)19(28)21(31-13)29-10-6-11(23)14-12(7-10)30-20(18(27)16(14)25)9-4-2-1-3-5-9/h1-7,13,15,17,19,21-24,26-28H,8H2/t13-,15+,17+,19+,21-/m0/s1. The second-order valence-corrected chi connectivity index (χ2v) is 7.11. The molecule has 1 saturated heterocycles. The molecule has 1 aliphatic rings. The van der Waals surface area contributed by atoms with E-state index in [2.05, 4.69) is 0 Å². The van der Waals surface area contributed by atoms with Crippen molar-refractivity contribution >= 4 is 11.0 Å². The van der Waals surface area contributed by atoms with E-state index in [1.807, 2.05) is 0 Å². The second-order valence-electron chi connectivity index (χ2n) is 7.11. The highest BCUT2D eigenvalue weighted by Gasteiger charge is 2.44. The summed E-state index contributed by atoms with van der Waals surface area (Å²) in [4.78, 5) is 12.6. The highest BCUT2D eigenvalue weighted by Crippen LogP contribution is 2.36. The van der Waals surface area contributed by atoms with Gasteiger partial charge in [0.1, 0.15) is 46.9 Å². The molecule has 164 valence electrons. The maximum absolute atomic E-state index is 12.6. The van der Waals surface area contributed by atoms with Crippen molar-refractivity contribution in [2.75, 3.05) is 6.61 Å². The van der Waals surface area contributed by atoms with Crippen LogP contribution < -0.4 is 10.2 Å². The summed E-state index contributed by atoms with van der Waals surface area (Å²) in [5.74, 6) is -1.43. The predicted molar refractivity (Wildman–Crippen MR) is 106 cm³/mol. The molecule has 1 fully saturated rings. The zero-order valence-corrected chi connectivity index (χ0v) is 16.0. The van der Waals surface area contributed by atoms with Crippen molar-refractivity contribution in [2.45, 2.75) is 30.7 Å². The fourth-order valence-electron chi connectivity index (χ4n) is 3.42. The van der Waals surface area contributed by atoms with Crippen molar-refractivity contribution in [3.63, 3.8) is 0 Å². The smallest absolute Gasteiger partial charge is 0.238 e. The van der Waals surface area contributed by atoms with Gasteiger partial charge in [0.15, 0.2) is 5.76 Å². The molecule has 2 aromatic carbocycles. The Morgan fingerprint density at radius 1 is 0.968 bits per heavy atom. The summed E-state index contributed by atoms with van der Waals surface area (Å²) in [6.07, 6.45) is -7.55. The van der Waals surface area contributed by atoms with Crippen molar-refractivity contribution in [3.8, 4) is 28.6 Å². The quantitative estimate of drug-likeness (QED) is 0.331. The number of aliphatic hydroxyl groups excluding tert-OH is 4. The molecule has 1 aliphatic heterocycles. The van der Waals surface area contributed by atoms with Crippen LogP contribution in [0.25, 0.3) is 22.3 Å². The summed E-state index contributed by atoms with van der Waals surface area (Å²) in [7, 11) is 0. The molecule has 1 aromatic heterocycles. The minimum Gasteiger partial charge on any atom is -0.507 e. The molecule has 5 atom stereocenters. The molecular formula is C21H20O10. The molecule has 0 aliphatic carbocycles. The van der Waals surface area contributed by atoms with Crippen molar-refractivity contribution < 1.29 is 44.5 Å². The van der Waals surface area contributed by atoms with E-state index in [4.69, 9.17) is 13.9 Å². The lowest BCUT2D eigenvalue weighted by molar-refractivity contribution is -0.277. The van der Waals surface area contributed by atoms with Crippen LogP contribution in [0.15, 0.2) is 51.7 Å². The molecule has 31 heavy (non-hydrogen) atoms. The van der Waals surface area contributed by atoms with Crippen molar-refractivity contribution in [2.24, 2.45) is 0 Å². The van der Waals surface area contributed by atoms with Gasteiger partial charge in [0.2, 0.25) is 17.5 Å². The van der Waals surface area contributed by atoms with Gasteiger partial charge < -0.3 is 44.5 Å². The molecule has 0 unspecified atom stereocenters. The Morgan fingerprint density at radius 3 is 2.35 bits per heavy atom. The number of rotatable bonds is 4. The van der Waals surface area contributed by atoms with Crippen LogP contribution in [0.4, 0.5) is 0 Å². The van der Waals surface area contributed by atoms with Crippen LogP contribution in [0.2, 0.25) is 0 Å². The summed E-state index contributed by atoms with van der Waals surface area (Å²) < 4.78 is 16.4. The van der Waals surface area contributed by atoms with E-state index in [0.717, 1.165) is 6.07 Å². The van der Waals surface area contributed by atoms with Crippen molar-refractivity contribution in [1.82, 2.24) is 0 Å². The predicted octanol–water partition coefficient (Wildman–Crippen LogP) is 0.0499. The van der Waals surface area contributed by atoms with Crippen LogP contribution in [-0.2, 0) is 4.74 Å². The van der Waals surface area contributed by atoms with E-state index in [1.165, 1.54) is 6.07 Å². The Labute approximate surface area is 174 Å². The molecule has 6 N–H and O–H groups in total. The molecule has 2 heterocycles. The van der Waals surface area contributed by atoms with Gasteiger partial charge in [-0.05, 0) is 0 Å². The van der Waals surface area contributed by atoms with Gasteiger partial charge in [0.25, 0.3) is 0 Å². The molecule has 0 amide bonds. The molecule has 0 radical (unpaired) electrons. The molecule has 0 bridgehead atoms. The Balaban J connectivity index is 1.75. The number of hydrogen-bond donors (Lipinski definition) is 6. The van der Waals surface area contributed by atoms with E-state index in [-0.39, 0.29) is 22.5 Å². The molecule has 4 rings (SSSR count). The summed E-state index contributed by atoms with van der Waals surface area (Å²) in [6.45, 7) is -0.637. The van der Waals surface area contributed by atoms with Crippen LogP contribution in [0.1, 0.15) is 0 Å². The van der Waals surface area contributed by atoms with Gasteiger partial charge in [-0.1, -0.05) is 30.3 Å². The maximum Gasteiger partial charge on any atom is 0.238 e. The van der Waals surface area contributed by atoms with Crippen LogP contribution in [-0.4, -0.2) is 68.0 Å². The monoisotopic (exact) mass is 432 g/mol. The lowest BCUT2D eigenvalue weighted by Crippen LogP contribution is -2.60. The first kappa shape index (κ1) is 21.1. The van der Waals surface area contributed by atoms with Crippen LogP contribution in [0.3, 0.4) is 0 Å². The minimum atomic E-state index is -1.66. The van der Waals surface area contributed by atoms with E-state index in [1.54, 1.807) is 30.3 Å². The second kappa shape index (κ2) is 8.17. The minimum absolute atomic E-state index is 0.0952. The van der Waals surface area contributed by atoms with Crippen LogP contribution in [0.5, 0.6) is 17.2 Å². The van der Waals surface area contributed by atoms with Gasteiger partial charge in [0, 0.05) is 17.7 Å². The summed E-state index contributed by atoms with van der Waals surface area (Å²) in [5, 5.41) is 59.5. The van der Waals surface area contributed by atoms with E-state index >= 15 is 0 Å². The lowest BCUT2D eigenvalue weighted by Gasteiger charge is -2.39. The number of fused-ring (bicyclic) bond motifs is 1. The van der Waals surface area contributed by atoms with Gasteiger partial charge in [-0.15, -0.1) is 0 Å². The number of hydrogen-bond acceptors (Lipinski definition) is 10. The first-order chi connectivity index (χ1) is 14.8. The van der Waals surface area contributed by atoms with E-state index in [0.29, 0.717) is 5.56 Å². The SMILES string of the molecule is O=c1c(O)c(-c2ccccc2)oc2cc(O[C@H]3O[C@@H](CO)[C@@H](O)[C@@H](O)[C@H]3O)cc(O)c12. The Kier molecular flexibility index (Phi) is 5.56. The average molecular weight is 432 g/mol. The molecule has 10 heteroatoms. The number of aliphatic hydroxyl groups is 4. The highest BCUT2D eigenvalue weighted by molar-refractivity contribution is 5.88. The highest BCUT2D eigenvalue weighted by atomic mass is 16.7. The third-order valence-corrected chi connectivity index (χ3v) is 5.06. The summed E-state index contributed by atoms with van der Waals surface area (Å²) in [6, 6.07) is 10.7. The topological polar surface area (TPSA) is 170 Å². The molecule has 3 aromatic rings. The normalized spacial score (nSPS) is 26.1. The first-order valence-electron chi connectivity index (χ1n) is 9.37. The number of aromatic hydroxyl groups is 2. The van der Waals surface area contributed by atoms with Crippen LogP contribution in [0, 0.1) is 0 Å². The van der Waals surface area contributed by atoms with E-state index in [9.17, 15) is 35.4 Å². The lowest BCUT2D eigenvalue weighted by atomic mass is 9.99. The zero-order valence-electron chi connectivity index (χ0n) is 16.0. The molecule has 0 saturated carbocycles. The van der Waals surface area contributed by atoms with Gasteiger partial charge in [0.05, 0.1) is 6.61 Å². The molecule has 0 spiro atoms. The number of benzene rings is 2. The number of phenols is 1. The fourth-order valence-corrected chi connectivity index (χ4v) is 3.42. The Hall–Kier alpha value is -3.15. The van der Waals surface area contributed by atoms with E-state index < -0.39 is 54.2 Å². The molecular weight excluding hydrogens is 412 g/mol. The van der Waals surface area contributed by atoms with Crippen molar-refractivity contribution in [3.05, 3.63) is 52.7 Å². The maximum atomic E-state index is 12.6. The van der Waals surface area contributed by atoms with Gasteiger partial charge in [-0.3, -0.25) is 4.79 Å². The fraction of sp³-hybridized carbons (Fsp3) is 0.286. The molecule has 10 nitrogen and oxygen atoms in total. The Morgan fingerprint density at radius 2 is 1.68 bits per heavy atom. The van der Waals surface area contributed by atoms with Crippen LogP contribution >= 0.6 is 0 Å². The zero-order chi connectivity index (χ0) is 22.3. The van der Waals surface area contributed by atoms with Gasteiger partial charge >= 0.3 is 0 Å². The Bertz CT molecular complexity index is 1140. The number of phenolic OH excluding ortho intramolecular Hbond substituents is 1. The average Bonchev–Trinajstić information content (AvgIpc) is 2.77. The summed E-state index contributed by atoms with van der Waals surface area (Å²) >= 11 is 0. The number of ether oxygens (including phenoxy) is 2. The third-order valence-electron chi connectivity index (χ3n) is 5.06. The van der Waals surface area contributed by atoms with Gasteiger partial charge in [-0.2, -0.15) is 0 Å². The summed E-state index contributed by atoms with van der Waals surface area (Å²) in [5.41, 5.74) is -0.531. The largest absolute Gasteiger partial charge is 0.507 e. The first-order valence-corrected chi connectivity index (χ1v) is 9.37. The van der Waals surface area contributed by atoms with Crippen molar-refractivity contribution in [1.29, 1.82) is 0 Å².